The maximum Gasteiger partial charge on any atom is 0.225 e. The molecule has 6 heteroatoms. The minimum atomic E-state index is 0.206. The monoisotopic (exact) mass is 315 g/mol. The lowest BCUT2D eigenvalue weighted by Crippen LogP contribution is -2.12. The van der Waals surface area contributed by atoms with E-state index >= 15 is 0 Å². The van der Waals surface area contributed by atoms with Crippen molar-refractivity contribution >= 4 is 44.3 Å². The maximum atomic E-state index is 5.93. The third-order valence-electron chi connectivity index (χ3n) is 2.36. The highest BCUT2D eigenvalue weighted by Gasteiger charge is 2.15. The highest BCUT2D eigenvalue weighted by Crippen LogP contribution is 2.35. The number of anilines is 1. The van der Waals surface area contributed by atoms with Gasteiger partial charge in [0.05, 0.1) is 12.5 Å². The van der Waals surface area contributed by atoms with Crippen LogP contribution in [0.1, 0.15) is 0 Å². The van der Waals surface area contributed by atoms with Gasteiger partial charge in [-0.1, -0.05) is 0 Å². The van der Waals surface area contributed by atoms with Gasteiger partial charge in [-0.05, 0) is 39.7 Å². The van der Waals surface area contributed by atoms with Crippen LogP contribution in [0.5, 0.6) is 5.75 Å². The number of rotatable bonds is 2. The molecule has 1 aromatic heterocycles. The molecule has 0 amide bonds. The Kier molecular flexibility index (Phi) is 3.40. The van der Waals surface area contributed by atoms with Gasteiger partial charge in [0.2, 0.25) is 5.28 Å². The number of fused-ring (bicyclic) bond motifs is 1. The van der Waals surface area contributed by atoms with E-state index in [9.17, 15) is 0 Å². The number of methoxy groups -OCH3 is 1. The molecule has 0 radical (unpaired) electrons. The fourth-order valence-corrected chi connectivity index (χ4v) is 2.28. The van der Waals surface area contributed by atoms with Gasteiger partial charge in [0.15, 0.2) is 0 Å². The Morgan fingerprint density at radius 2 is 2.00 bits per heavy atom. The van der Waals surface area contributed by atoms with Crippen LogP contribution < -0.4 is 9.64 Å². The van der Waals surface area contributed by atoms with Crippen molar-refractivity contribution in [1.29, 1.82) is 0 Å². The van der Waals surface area contributed by atoms with Crippen molar-refractivity contribution in [1.82, 2.24) is 9.97 Å². The van der Waals surface area contributed by atoms with Crippen LogP contribution in [-0.2, 0) is 0 Å². The summed E-state index contributed by atoms with van der Waals surface area (Å²) in [5.41, 5.74) is 0.700. The van der Waals surface area contributed by atoms with Gasteiger partial charge in [0.1, 0.15) is 17.1 Å². The SMILES string of the molecule is COc1ccc(Br)c2c(N(C)C)nc(Cl)nc12. The number of hydrogen-bond donors (Lipinski definition) is 0. The summed E-state index contributed by atoms with van der Waals surface area (Å²) in [7, 11) is 5.42. The number of nitrogens with zero attached hydrogens (tertiary/aromatic N) is 3. The lowest BCUT2D eigenvalue weighted by molar-refractivity contribution is 0.419. The molecular formula is C11H11BrClN3O. The van der Waals surface area contributed by atoms with Gasteiger partial charge >= 0.3 is 0 Å². The van der Waals surface area contributed by atoms with Crippen LogP contribution in [0.4, 0.5) is 5.82 Å². The van der Waals surface area contributed by atoms with E-state index in [1.54, 1.807) is 7.11 Å². The summed E-state index contributed by atoms with van der Waals surface area (Å²) < 4.78 is 6.19. The van der Waals surface area contributed by atoms with E-state index in [0.29, 0.717) is 11.3 Å². The van der Waals surface area contributed by atoms with Crippen LogP contribution in [-0.4, -0.2) is 31.2 Å². The van der Waals surface area contributed by atoms with E-state index in [4.69, 9.17) is 16.3 Å². The predicted molar refractivity (Wildman–Crippen MR) is 73.1 cm³/mol. The van der Waals surface area contributed by atoms with Gasteiger partial charge in [-0.2, -0.15) is 4.98 Å². The molecule has 0 N–H and O–H groups in total. The molecule has 2 aromatic rings. The molecule has 0 unspecified atom stereocenters. The summed E-state index contributed by atoms with van der Waals surface area (Å²) in [5.74, 6) is 1.43. The van der Waals surface area contributed by atoms with Gasteiger partial charge in [0.25, 0.3) is 0 Å². The van der Waals surface area contributed by atoms with E-state index in [1.165, 1.54) is 0 Å². The Morgan fingerprint density at radius 3 is 2.59 bits per heavy atom. The summed E-state index contributed by atoms with van der Waals surface area (Å²) in [6.45, 7) is 0. The molecular weight excluding hydrogens is 305 g/mol. The van der Waals surface area contributed by atoms with Crippen molar-refractivity contribution in [2.75, 3.05) is 26.1 Å². The number of aromatic nitrogens is 2. The largest absolute Gasteiger partial charge is 0.494 e. The summed E-state index contributed by atoms with van der Waals surface area (Å²) in [5, 5.41) is 1.09. The number of halogens is 2. The van der Waals surface area contributed by atoms with E-state index in [2.05, 4.69) is 25.9 Å². The average Bonchev–Trinajstić information content (AvgIpc) is 2.28. The summed E-state index contributed by atoms with van der Waals surface area (Å²) in [4.78, 5) is 10.3. The van der Waals surface area contributed by atoms with Crippen molar-refractivity contribution < 1.29 is 4.74 Å². The molecule has 0 bridgehead atoms. The van der Waals surface area contributed by atoms with Gasteiger partial charge in [0, 0.05) is 18.6 Å². The van der Waals surface area contributed by atoms with Crippen molar-refractivity contribution in [3.8, 4) is 5.75 Å². The van der Waals surface area contributed by atoms with Crippen LogP contribution in [0.25, 0.3) is 10.9 Å². The summed E-state index contributed by atoms with van der Waals surface area (Å²) >= 11 is 9.43. The highest BCUT2D eigenvalue weighted by molar-refractivity contribution is 9.10. The first kappa shape index (κ1) is 12.4. The van der Waals surface area contributed by atoms with Crippen molar-refractivity contribution in [3.05, 3.63) is 21.9 Å². The molecule has 0 aliphatic rings. The third kappa shape index (κ3) is 2.17. The van der Waals surface area contributed by atoms with Gasteiger partial charge in [-0.15, -0.1) is 0 Å². The molecule has 0 aliphatic carbocycles. The lowest BCUT2D eigenvalue weighted by atomic mass is 10.2. The molecule has 4 nitrogen and oxygen atoms in total. The molecule has 90 valence electrons. The predicted octanol–water partition coefficient (Wildman–Crippen LogP) is 3.12. The Balaban J connectivity index is 2.92. The van der Waals surface area contributed by atoms with E-state index in [0.717, 1.165) is 15.7 Å². The Morgan fingerprint density at radius 1 is 1.29 bits per heavy atom. The minimum absolute atomic E-state index is 0.206. The first-order chi connectivity index (χ1) is 8.04. The molecule has 0 saturated heterocycles. The Hall–Kier alpha value is -1.07. The van der Waals surface area contributed by atoms with Crippen molar-refractivity contribution in [3.63, 3.8) is 0 Å². The van der Waals surface area contributed by atoms with E-state index in [1.807, 2.05) is 31.1 Å². The fraction of sp³-hybridized carbons (Fsp3) is 0.273. The molecule has 2 rings (SSSR count). The van der Waals surface area contributed by atoms with Crippen LogP contribution in [0.2, 0.25) is 5.28 Å². The zero-order valence-electron chi connectivity index (χ0n) is 9.66. The molecule has 0 atom stereocenters. The Labute approximate surface area is 113 Å². The fourth-order valence-electron chi connectivity index (χ4n) is 1.62. The summed E-state index contributed by atoms with van der Waals surface area (Å²) in [6.07, 6.45) is 0. The molecule has 1 aromatic carbocycles. The standard InChI is InChI=1S/C11H11BrClN3O/c1-16(2)10-8-6(12)4-5-7(17-3)9(8)14-11(13)15-10/h4-5H,1-3H3. The van der Waals surface area contributed by atoms with Crippen LogP contribution >= 0.6 is 27.5 Å². The minimum Gasteiger partial charge on any atom is -0.494 e. The van der Waals surface area contributed by atoms with Crippen molar-refractivity contribution in [2.45, 2.75) is 0 Å². The second-order valence-electron chi connectivity index (χ2n) is 3.68. The molecule has 17 heavy (non-hydrogen) atoms. The topological polar surface area (TPSA) is 38.2 Å². The molecule has 0 aliphatic heterocycles. The molecule has 1 heterocycles. The maximum absolute atomic E-state index is 5.93. The summed E-state index contributed by atoms with van der Waals surface area (Å²) in [6, 6.07) is 3.75. The van der Waals surface area contributed by atoms with E-state index in [-0.39, 0.29) is 5.28 Å². The third-order valence-corrected chi connectivity index (χ3v) is 3.19. The average molecular weight is 317 g/mol. The quantitative estimate of drug-likeness (QED) is 0.798. The number of hydrogen-bond acceptors (Lipinski definition) is 4. The van der Waals surface area contributed by atoms with Crippen molar-refractivity contribution in [2.24, 2.45) is 0 Å². The van der Waals surface area contributed by atoms with Gasteiger partial charge < -0.3 is 9.64 Å². The van der Waals surface area contributed by atoms with Crippen LogP contribution in [0, 0.1) is 0 Å². The first-order valence-corrected chi connectivity index (χ1v) is 6.08. The number of ether oxygens (including phenoxy) is 1. The second-order valence-corrected chi connectivity index (χ2v) is 4.88. The zero-order valence-corrected chi connectivity index (χ0v) is 12.0. The Bertz CT molecular complexity index is 574. The van der Waals surface area contributed by atoms with Crippen LogP contribution in [0.15, 0.2) is 16.6 Å². The molecule has 0 saturated carbocycles. The van der Waals surface area contributed by atoms with E-state index < -0.39 is 0 Å². The normalized spacial score (nSPS) is 10.6. The molecule has 0 fully saturated rings. The van der Waals surface area contributed by atoms with Gasteiger partial charge in [-0.3, -0.25) is 0 Å². The van der Waals surface area contributed by atoms with Gasteiger partial charge in [-0.25, -0.2) is 4.98 Å². The smallest absolute Gasteiger partial charge is 0.225 e. The lowest BCUT2D eigenvalue weighted by Gasteiger charge is -2.16. The van der Waals surface area contributed by atoms with Crippen LogP contribution in [0.3, 0.4) is 0 Å². The zero-order chi connectivity index (χ0) is 12.6. The number of benzene rings is 1. The second kappa shape index (κ2) is 4.66. The highest BCUT2D eigenvalue weighted by atomic mass is 79.9. The molecule has 0 spiro atoms. The first-order valence-electron chi connectivity index (χ1n) is 4.91.